The molecule has 1 unspecified atom stereocenters. The molecule has 2 fully saturated rings. The van der Waals surface area contributed by atoms with Crippen molar-refractivity contribution in [2.75, 3.05) is 46.0 Å². The van der Waals surface area contributed by atoms with Crippen molar-refractivity contribution in [1.82, 2.24) is 4.98 Å². The number of halogens is 4. The van der Waals surface area contributed by atoms with Crippen molar-refractivity contribution in [3.05, 3.63) is 53.6 Å². The van der Waals surface area contributed by atoms with E-state index >= 15 is 0 Å². The van der Waals surface area contributed by atoms with Crippen LogP contribution in [0.2, 0.25) is 0 Å². The Kier molecular flexibility index (Phi) is 7.79. The summed E-state index contributed by atoms with van der Waals surface area (Å²) in [6.45, 7) is 0.734. The van der Waals surface area contributed by atoms with Gasteiger partial charge >= 0.3 is 0 Å². The van der Waals surface area contributed by atoms with E-state index in [4.69, 9.17) is 0 Å². The predicted molar refractivity (Wildman–Crippen MR) is 128 cm³/mol. The zero-order valence-electron chi connectivity index (χ0n) is 19.1. The van der Waals surface area contributed by atoms with Crippen molar-refractivity contribution in [2.24, 2.45) is 0 Å². The fourth-order valence-electron chi connectivity index (χ4n) is 4.27. The van der Waals surface area contributed by atoms with Crippen LogP contribution < -0.4 is 19.8 Å². The zero-order chi connectivity index (χ0) is 25.9. The van der Waals surface area contributed by atoms with Gasteiger partial charge in [-0.3, -0.25) is 9.00 Å². The van der Waals surface area contributed by atoms with Crippen molar-refractivity contribution in [2.45, 2.75) is 31.6 Å². The molecular weight excluding hydrogens is 502 g/mol. The lowest BCUT2D eigenvalue weighted by atomic mass is 10.0. The van der Waals surface area contributed by atoms with E-state index in [1.807, 2.05) is 0 Å². The maximum absolute atomic E-state index is 13.5. The van der Waals surface area contributed by atoms with Gasteiger partial charge in [0.1, 0.15) is 11.6 Å². The van der Waals surface area contributed by atoms with E-state index in [-0.39, 0.29) is 74.5 Å². The van der Waals surface area contributed by atoms with Gasteiger partial charge in [0.05, 0.1) is 11.3 Å². The number of carbonyl (C=O) groups excluding carboxylic acids is 1. The summed E-state index contributed by atoms with van der Waals surface area (Å²) in [4.78, 5) is 21.1. The fourth-order valence-corrected chi connectivity index (χ4v) is 4.59. The SMILES string of the molecule is O=C(Nc1cccc(N2CCC(F)(F)CC2)n1)c1ccc(NS(=O)[O-])cc1N1CCC(=C(F)F)CC1. The molecule has 13 heteroatoms. The second-order valence-electron chi connectivity index (χ2n) is 8.60. The molecule has 0 aliphatic carbocycles. The van der Waals surface area contributed by atoms with Gasteiger partial charge in [-0.1, -0.05) is 6.07 Å². The molecule has 3 heterocycles. The van der Waals surface area contributed by atoms with Crippen LogP contribution in [0.3, 0.4) is 0 Å². The number of rotatable bonds is 6. The third-order valence-corrected chi connectivity index (χ3v) is 6.62. The van der Waals surface area contributed by atoms with E-state index in [2.05, 4.69) is 15.0 Å². The highest BCUT2D eigenvalue weighted by atomic mass is 32.2. The van der Waals surface area contributed by atoms with Crippen molar-refractivity contribution < 1.29 is 31.1 Å². The number of amides is 1. The Labute approximate surface area is 207 Å². The van der Waals surface area contributed by atoms with Crippen molar-refractivity contribution >= 4 is 40.2 Å². The molecule has 1 aromatic heterocycles. The Balaban J connectivity index is 1.55. The Bertz CT molecular complexity index is 1170. The number of nitrogens with one attached hydrogen (secondary N) is 2. The second-order valence-corrected chi connectivity index (χ2v) is 9.27. The third kappa shape index (κ3) is 6.32. The van der Waals surface area contributed by atoms with Gasteiger partial charge in [0.15, 0.2) is 0 Å². The minimum absolute atomic E-state index is 0.0590. The number of anilines is 4. The maximum Gasteiger partial charge on any atom is 0.269 e. The highest BCUT2D eigenvalue weighted by Crippen LogP contribution is 2.32. The lowest BCUT2D eigenvalue weighted by Gasteiger charge is -2.32. The summed E-state index contributed by atoms with van der Waals surface area (Å²) in [6.07, 6.45) is -2.02. The van der Waals surface area contributed by atoms with Gasteiger partial charge in [-0.15, -0.1) is 0 Å². The van der Waals surface area contributed by atoms with Gasteiger partial charge in [0.25, 0.3) is 17.9 Å². The molecule has 0 bridgehead atoms. The molecule has 0 saturated carbocycles. The number of hydrogen-bond donors (Lipinski definition) is 2. The Morgan fingerprint density at radius 1 is 1.03 bits per heavy atom. The van der Waals surface area contributed by atoms with Crippen LogP contribution in [-0.4, -0.2) is 51.8 Å². The Hall–Kier alpha value is -3.19. The van der Waals surface area contributed by atoms with E-state index in [9.17, 15) is 31.1 Å². The topological polar surface area (TPSA) is 101 Å². The largest absolute Gasteiger partial charge is 0.755 e. The standard InChI is InChI=1S/C23H25F4N5O3S/c24-21(25)15-6-10-31(11-7-15)18-14-16(30-36(34)35)4-5-17(18)22(33)29-19-2-1-3-20(28-19)32-12-8-23(26,27)9-13-32/h1-5,14,30H,6-13H2,(H,34,35)(H,28,29,33)/p-1. The molecule has 2 aliphatic heterocycles. The van der Waals surface area contributed by atoms with Crippen LogP contribution in [0.4, 0.5) is 40.6 Å². The second kappa shape index (κ2) is 10.8. The normalized spacial score (nSPS) is 18.5. The molecule has 1 aromatic carbocycles. The number of benzene rings is 1. The quantitative estimate of drug-likeness (QED) is 0.424. The average Bonchev–Trinajstić information content (AvgIpc) is 2.84. The first kappa shape index (κ1) is 25.9. The van der Waals surface area contributed by atoms with Gasteiger partial charge in [-0.05, 0) is 48.7 Å². The first-order valence-electron chi connectivity index (χ1n) is 11.3. The number of alkyl halides is 2. The Morgan fingerprint density at radius 2 is 1.72 bits per heavy atom. The van der Waals surface area contributed by atoms with Crippen LogP contribution in [0.1, 0.15) is 36.0 Å². The molecular formula is C23H24F4N5O3S-. The summed E-state index contributed by atoms with van der Waals surface area (Å²) in [7, 11) is 0. The highest BCUT2D eigenvalue weighted by molar-refractivity contribution is 7.80. The number of piperidine rings is 2. The molecule has 2 saturated heterocycles. The number of carbonyl (C=O) groups is 1. The predicted octanol–water partition coefficient (Wildman–Crippen LogP) is 4.53. The summed E-state index contributed by atoms with van der Waals surface area (Å²) in [5, 5.41) is 2.70. The van der Waals surface area contributed by atoms with E-state index in [0.717, 1.165) is 0 Å². The molecule has 8 nitrogen and oxygen atoms in total. The van der Waals surface area contributed by atoms with Crippen molar-refractivity contribution in [3.63, 3.8) is 0 Å². The van der Waals surface area contributed by atoms with Crippen LogP contribution in [0, 0.1) is 0 Å². The number of hydrogen-bond acceptors (Lipinski definition) is 6. The average molecular weight is 527 g/mol. The first-order chi connectivity index (χ1) is 17.1. The van der Waals surface area contributed by atoms with Crippen LogP contribution in [0.25, 0.3) is 0 Å². The lowest BCUT2D eigenvalue weighted by molar-refractivity contribution is -0.0221. The van der Waals surface area contributed by atoms with Crippen LogP contribution >= 0.6 is 0 Å². The zero-order valence-corrected chi connectivity index (χ0v) is 19.9. The van der Waals surface area contributed by atoms with E-state index in [0.29, 0.717) is 11.5 Å². The summed E-state index contributed by atoms with van der Waals surface area (Å²) in [6, 6.07) is 9.24. The highest BCUT2D eigenvalue weighted by Gasteiger charge is 2.34. The van der Waals surface area contributed by atoms with Crippen molar-refractivity contribution in [1.29, 1.82) is 0 Å². The third-order valence-electron chi connectivity index (χ3n) is 6.21. The molecule has 4 rings (SSSR count). The fraction of sp³-hybridized carbons (Fsp3) is 0.391. The van der Waals surface area contributed by atoms with Crippen LogP contribution in [-0.2, 0) is 11.3 Å². The van der Waals surface area contributed by atoms with Crippen LogP contribution in [0.15, 0.2) is 48.1 Å². The molecule has 0 radical (unpaired) electrons. The molecule has 1 amide bonds. The number of aromatic nitrogens is 1. The van der Waals surface area contributed by atoms with Gasteiger partial charge in [0, 0.05) is 56.0 Å². The number of nitrogens with zero attached hydrogens (tertiary/aromatic N) is 3. The molecule has 2 aromatic rings. The van der Waals surface area contributed by atoms with Gasteiger partial charge in [-0.25, -0.2) is 13.8 Å². The monoisotopic (exact) mass is 526 g/mol. The minimum atomic E-state index is -2.70. The van der Waals surface area contributed by atoms with Crippen molar-refractivity contribution in [3.8, 4) is 0 Å². The summed E-state index contributed by atoms with van der Waals surface area (Å²) in [5.41, 5.74) is 0.865. The smallest absolute Gasteiger partial charge is 0.269 e. The molecule has 2 aliphatic rings. The molecule has 2 N–H and O–H groups in total. The van der Waals surface area contributed by atoms with E-state index < -0.39 is 29.2 Å². The van der Waals surface area contributed by atoms with Gasteiger partial charge in [-0.2, -0.15) is 8.78 Å². The first-order valence-corrected chi connectivity index (χ1v) is 12.4. The Morgan fingerprint density at radius 3 is 2.36 bits per heavy atom. The number of pyridine rings is 1. The van der Waals surface area contributed by atoms with Gasteiger partial charge in [0.2, 0.25) is 0 Å². The lowest BCUT2D eigenvalue weighted by Crippen LogP contribution is -2.39. The molecule has 36 heavy (non-hydrogen) atoms. The van der Waals surface area contributed by atoms with E-state index in [1.165, 1.54) is 18.2 Å². The molecule has 0 spiro atoms. The van der Waals surface area contributed by atoms with E-state index in [1.54, 1.807) is 28.0 Å². The molecule has 1 atom stereocenters. The maximum atomic E-state index is 13.5. The summed E-state index contributed by atoms with van der Waals surface area (Å²) >= 11 is -2.59. The molecule has 194 valence electrons. The summed E-state index contributed by atoms with van der Waals surface area (Å²) in [5.74, 6) is -2.55. The minimum Gasteiger partial charge on any atom is -0.755 e. The van der Waals surface area contributed by atoms with Crippen LogP contribution in [0.5, 0.6) is 0 Å². The summed E-state index contributed by atoms with van der Waals surface area (Å²) < 4.78 is 77.4. The van der Waals surface area contributed by atoms with Gasteiger partial charge < -0.3 is 24.4 Å².